The van der Waals surface area contributed by atoms with Crippen LogP contribution in [0.25, 0.3) is 16.5 Å². The van der Waals surface area contributed by atoms with Gasteiger partial charge in [0.05, 0.1) is 11.9 Å². The molecule has 5 rings (SSSR count). The van der Waals surface area contributed by atoms with Gasteiger partial charge in [0.2, 0.25) is 5.91 Å². The largest absolute Gasteiger partial charge is 0.451 e. The molecule has 40 heavy (non-hydrogen) atoms. The second-order valence-electron chi connectivity index (χ2n) is 11.5. The van der Waals surface area contributed by atoms with Crippen LogP contribution in [0.1, 0.15) is 54.4 Å². The van der Waals surface area contributed by atoms with Crippen LogP contribution >= 0.6 is 0 Å². The van der Waals surface area contributed by atoms with Crippen LogP contribution in [0.2, 0.25) is 0 Å². The van der Waals surface area contributed by atoms with Crippen molar-refractivity contribution in [1.29, 1.82) is 0 Å². The molecule has 3 amide bonds. The lowest BCUT2D eigenvalue weighted by atomic mass is 9.92. The van der Waals surface area contributed by atoms with Gasteiger partial charge in [0.25, 0.3) is 5.91 Å². The van der Waals surface area contributed by atoms with Gasteiger partial charge in [-0.1, -0.05) is 30.3 Å². The minimum atomic E-state index is -0.732. The Bertz CT molecular complexity index is 1520. The summed E-state index contributed by atoms with van der Waals surface area (Å²) in [6.07, 6.45) is 2.32. The highest BCUT2D eigenvalue weighted by atomic mass is 19.1. The van der Waals surface area contributed by atoms with E-state index in [1.54, 1.807) is 51.9 Å². The normalized spacial score (nSPS) is 17.4. The number of furan rings is 1. The average molecular weight is 548 g/mol. The summed E-state index contributed by atoms with van der Waals surface area (Å²) in [5.74, 6) is -0.990. The first kappa shape index (κ1) is 27.4. The van der Waals surface area contributed by atoms with Crippen LogP contribution in [-0.4, -0.2) is 71.4 Å². The zero-order valence-corrected chi connectivity index (χ0v) is 23.5. The molecule has 2 aliphatic heterocycles. The lowest BCUT2D eigenvalue weighted by Crippen LogP contribution is -2.55. The van der Waals surface area contributed by atoms with Gasteiger partial charge in [-0.2, -0.15) is 0 Å². The van der Waals surface area contributed by atoms with Crippen LogP contribution < -0.4 is 0 Å². The second-order valence-corrected chi connectivity index (χ2v) is 11.5. The molecule has 1 aromatic heterocycles. The van der Waals surface area contributed by atoms with Crippen molar-refractivity contribution in [3.05, 3.63) is 76.8 Å². The smallest absolute Gasteiger partial charge is 0.411 e. The van der Waals surface area contributed by atoms with Gasteiger partial charge in [-0.05, 0) is 56.0 Å². The van der Waals surface area contributed by atoms with E-state index in [0.717, 1.165) is 11.1 Å². The molecule has 210 valence electrons. The second kappa shape index (κ2) is 10.4. The number of amides is 3. The van der Waals surface area contributed by atoms with Crippen molar-refractivity contribution >= 4 is 34.4 Å². The van der Waals surface area contributed by atoms with Crippen LogP contribution in [0.3, 0.4) is 0 Å². The molecule has 0 aliphatic carbocycles. The molecule has 3 heterocycles. The van der Waals surface area contributed by atoms with Crippen LogP contribution in [0.5, 0.6) is 0 Å². The van der Waals surface area contributed by atoms with E-state index < -0.39 is 23.6 Å². The van der Waals surface area contributed by atoms with Crippen molar-refractivity contribution in [2.45, 2.75) is 51.8 Å². The number of carbonyl (C=O) groups is 3. The number of fused-ring (bicyclic) bond motifs is 2. The fourth-order valence-corrected chi connectivity index (χ4v) is 5.25. The predicted octanol–water partition coefficient (Wildman–Crippen LogP) is 5.25. The lowest BCUT2D eigenvalue weighted by molar-refractivity contribution is -0.137. The maximum atomic E-state index is 15.7. The molecule has 0 saturated carbocycles. The molecular formula is C31H34FN3O5. The maximum absolute atomic E-state index is 15.7. The van der Waals surface area contributed by atoms with Crippen LogP contribution in [-0.2, 0) is 22.5 Å². The summed E-state index contributed by atoms with van der Waals surface area (Å²) >= 11 is 0. The van der Waals surface area contributed by atoms with E-state index in [9.17, 15) is 14.4 Å². The van der Waals surface area contributed by atoms with Gasteiger partial charge in [0, 0.05) is 45.2 Å². The summed E-state index contributed by atoms with van der Waals surface area (Å²) in [5.41, 5.74) is 2.60. The van der Waals surface area contributed by atoms with Crippen molar-refractivity contribution in [2.24, 2.45) is 0 Å². The van der Waals surface area contributed by atoms with Gasteiger partial charge >= 0.3 is 6.09 Å². The Morgan fingerprint density at radius 3 is 2.48 bits per heavy atom. The highest BCUT2D eigenvalue weighted by molar-refractivity contribution is 5.97. The Labute approximate surface area is 233 Å². The van der Waals surface area contributed by atoms with Crippen molar-refractivity contribution in [3.63, 3.8) is 0 Å². The van der Waals surface area contributed by atoms with E-state index in [0.29, 0.717) is 30.5 Å². The number of halogens is 1. The Morgan fingerprint density at radius 1 is 1.05 bits per heavy atom. The first-order valence-electron chi connectivity index (χ1n) is 13.4. The highest BCUT2D eigenvalue weighted by Crippen LogP contribution is 2.32. The van der Waals surface area contributed by atoms with Crippen molar-refractivity contribution in [1.82, 2.24) is 14.7 Å². The number of nitrogens with zero attached hydrogens (tertiary/aromatic N) is 3. The highest BCUT2D eigenvalue weighted by Gasteiger charge is 2.39. The zero-order chi connectivity index (χ0) is 28.8. The van der Waals surface area contributed by atoms with Gasteiger partial charge < -0.3 is 19.0 Å². The first-order valence-corrected chi connectivity index (χ1v) is 13.4. The SMILES string of the molecule is CN(C)C(=O)c1cc2c(F)c(C3=CCCN(C(=O)C4Cc5ccccc5CN4C(=O)OC(C)(C)C)C3)ccc2o1. The number of hydrogen-bond donors (Lipinski definition) is 0. The van der Waals surface area contributed by atoms with Crippen molar-refractivity contribution in [3.8, 4) is 0 Å². The molecule has 8 nitrogen and oxygen atoms in total. The molecular weight excluding hydrogens is 513 g/mol. The monoisotopic (exact) mass is 547 g/mol. The third-order valence-electron chi connectivity index (χ3n) is 7.22. The average Bonchev–Trinajstić information content (AvgIpc) is 3.36. The molecule has 0 spiro atoms. The van der Waals surface area contributed by atoms with Crippen molar-refractivity contribution in [2.75, 3.05) is 27.2 Å². The van der Waals surface area contributed by atoms with E-state index in [1.807, 2.05) is 30.3 Å². The molecule has 1 unspecified atom stereocenters. The number of rotatable bonds is 3. The molecule has 0 N–H and O–H groups in total. The zero-order valence-electron chi connectivity index (χ0n) is 23.5. The summed E-state index contributed by atoms with van der Waals surface area (Å²) in [4.78, 5) is 44.1. The third kappa shape index (κ3) is 5.33. The lowest BCUT2D eigenvalue weighted by Gasteiger charge is -2.40. The Balaban J connectivity index is 1.41. The predicted molar refractivity (Wildman–Crippen MR) is 149 cm³/mol. The maximum Gasteiger partial charge on any atom is 0.411 e. The first-order chi connectivity index (χ1) is 18.9. The van der Waals surface area contributed by atoms with Gasteiger partial charge in [0.1, 0.15) is 23.0 Å². The molecule has 1 atom stereocenters. The van der Waals surface area contributed by atoms with Gasteiger partial charge in [0.15, 0.2) is 5.76 Å². The fraction of sp³-hybridized carbons (Fsp3) is 0.387. The summed E-state index contributed by atoms with van der Waals surface area (Å²) in [6, 6.07) is 11.7. The quantitative estimate of drug-likeness (QED) is 0.447. The standard InChI is InChI=1S/C31H34FN3O5/c1-31(2,3)40-30(38)35-18-20-10-7-6-9-19(20)15-24(35)28(36)34-14-8-11-21(17-34)22-12-13-25-23(27(22)32)16-26(39-25)29(37)33(4)5/h6-7,9-13,16,24H,8,14-15,17-18H2,1-5H3. The van der Waals surface area contributed by atoms with Crippen LogP contribution in [0, 0.1) is 5.82 Å². The minimum absolute atomic E-state index is 0.0605. The number of benzene rings is 2. The summed E-state index contributed by atoms with van der Waals surface area (Å²) in [5, 5.41) is 0.215. The number of carbonyl (C=O) groups excluding carboxylic acids is 3. The molecule has 0 bridgehead atoms. The molecule has 2 aliphatic rings. The molecule has 0 saturated heterocycles. The fourth-order valence-electron chi connectivity index (χ4n) is 5.25. The Kier molecular flexibility index (Phi) is 7.16. The van der Waals surface area contributed by atoms with Crippen LogP contribution in [0.15, 0.2) is 53.0 Å². The number of hydrogen-bond acceptors (Lipinski definition) is 5. The van der Waals surface area contributed by atoms with E-state index >= 15 is 4.39 Å². The van der Waals surface area contributed by atoms with E-state index in [2.05, 4.69) is 0 Å². The van der Waals surface area contributed by atoms with E-state index in [-0.39, 0.29) is 41.6 Å². The van der Waals surface area contributed by atoms with Crippen LogP contribution in [0.4, 0.5) is 9.18 Å². The molecule has 0 radical (unpaired) electrons. The third-order valence-corrected chi connectivity index (χ3v) is 7.22. The Morgan fingerprint density at radius 2 is 1.77 bits per heavy atom. The molecule has 2 aromatic carbocycles. The molecule has 3 aromatic rings. The van der Waals surface area contributed by atoms with E-state index in [1.165, 1.54) is 15.9 Å². The minimum Gasteiger partial charge on any atom is -0.451 e. The topological polar surface area (TPSA) is 83.3 Å². The summed E-state index contributed by atoms with van der Waals surface area (Å²) in [7, 11) is 3.20. The van der Waals surface area contributed by atoms with Gasteiger partial charge in [-0.25, -0.2) is 9.18 Å². The summed E-state index contributed by atoms with van der Waals surface area (Å²) < 4.78 is 27.0. The van der Waals surface area contributed by atoms with Crippen molar-refractivity contribution < 1.29 is 27.9 Å². The number of ether oxygens (including phenoxy) is 1. The summed E-state index contributed by atoms with van der Waals surface area (Å²) in [6.45, 7) is 6.32. The molecule has 9 heteroatoms. The van der Waals surface area contributed by atoms with Gasteiger partial charge in [-0.3, -0.25) is 14.5 Å². The Hall–Kier alpha value is -4.14. The van der Waals surface area contributed by atoms with E-state index in [4.69, 9.17) is 9.15 Å². The van der Waals surface area contributed by atoms with Gasteiger partial charge in [-0.15, -0.1) is 0 Å². The molecule has 0 fully saturated rings.